The van der Waals surface area contributed by atoms with Crippen LogP contribution in [0.1, 0.15) is 6.42 Å². The van der Waals surface area contributed by atoms with Crippen molar-refractivity contribution in [2.75, 3.05) is 13.7 Å². The van der Waals surface area contributed by atoms with E-state index in [4.69, 9.17) is 5.02 Å². The maximum Gasteiger partial charge on any atom is 0.361 e. The van der Waals surface area contributed by atoms with Crippen LogP contribution < -0.4 is 5.00 Å². The lowest BCUT2D eigenvalue weighted by Crippen LogP contribution is -2.39. The predicted octanol–water partition coefficient (Wildman–Crippen LogP) is -0.906. The lowest BCUT2D eigenvalue weighted by atomic mass is 10.2. The summed E-state index contributed by atoms with van der Waals surface area (Å²) in [4.78, 5) is 27.1. The van der Waals surface area contributed by atoms with Crippen molar-refractivity contribution >= 4 is 40.6 Å². The van der Waals surface area contributed by atoms with Gasteiger partial charge in [0.1, 0.15) is 6.04 Å². The highest BCUT2D eigenvalue weighted by atomic mass is 32.1. The molecule has 1 amide bonds. The van der Waals surface area contributed by atoms with Crippen molar-refractivity contribution in [3.8, 4) is 0 Å². The molecule has 0 aromatic rings. The van der Waals surface area contributed by atoms with Crippen LogP contribution in [0.2, 0.25) is 0 Å². The molecule has 0 bridgehead atoms. The lowest BCUT2D eigenvalue weighted by molar-refractivity contribution is -0.144. The van der Waals surface area contributed by atoms with Crippen LogP contribution in [-0.2, 0) is 9.53 Å². The molecule has 0 spiro atoms. The summed E-state index contributed by atoms with van der Waals surface area (Å²) in [7, 11) is 0.793. The highest BCUT2D eigenvalue weighted by Gasteiger charge is 2.38. The number of nitrogens with one attached hydrogen (secondary N) is 1. The normalized spacial score (nSPS) is 25.1. The number of likely N-dealkylation sites (tertiary alicyclic amines) is 1. The summed E-state index contributed by atoms with van der Waals surface area (Å²) in [5.74, 6) is -0.418. The smallest absolute Gasteiger partial charge is 0.361 e. The van der Waals surface area contributed by atoms with Gasteiger partial charge in [0.15, 0.2) is 0 Å². The molecule has 16 heavy (non-hydrogen) atoms. The molecule has 3 atom stereocenters. The molecule has 1 saturated heterocycles. The topological polar surface area (TPSA) is 78.9 Å². The van der Waals surface area contributed by atoms with Gasteiger partial charge in [0, 0.05) is 20.5 Å². The number of nitrogens with zero attached hydrogens (tertiary/aromatic N) is 1. The van der Waals surface area contributed by atoms with E-state index in [1.165, 1.54) is 12.0 Å². The molecule has 0 aromatic carbocycles. The maximum absolute atomic E-state index is 11.7. The van der Waals surface area contributed by atoms with Crippen molar-refractivity contribution < 1.29 is 19.3 Å². The van der Waals surface area contributed by atoms with Gasteiger partial charge < -0.3 is 19.7 Å². The Labute approximate surface area is 102 Å². The van der Waals surface area contributed by atoms with E-state index in [0.29, 0.717) is 13.0 Å². The molecule has 1 unspecified atom stereocenters. The van der Waals surface area contributed by atoms with Crippen LogP contribution in [0.25, 0.3) is 0 Å². The van der Waals surface area contributed by atoms with Gasteiger partial charge in [0.2, 0.25) is 0 Å². The largest absolute Gasteiger partial charge is 0.467 e. The number of carbonyl (C=O) groups excluding carboxylic acids is 2. The Bertz CT molecular complexity index is 283. The zero-order valence-electron chi connectivity index (χ0n) is 8.84. The Morgan fingerprint density at radius 2 is 2.38 bits per heavy atom. The minimum absolute atomic E-state index is 0.00743. The van der Waals surface area contributed by atoms with Crippen LogP contribution in [0.4, 0.5) is 4.79 Å². The molecule has 0 radical (unpaired) electrons. The Hall–Kier alpha value is -0.295. The van der Waals surface area contributed by atoms with Gasteiger partial charge in [-0.05, 0) is 6.42 Å². The standard InChI is InChI=1S/C7H14BN2O4PS/c1-14-6(11)5-2-4(16)3-10(5)7(12)15-9-8-13/h4-5,8-9,13,15-16H,2-3H2,1H3/t4-,5-/m0/s1. The third kappa shape index (κ3) is 3.35. The van der Waals surface area contributed by atoms with Crippen molar-refractivity contribution in [1.82, 2.24) is 9.90 Å². The lowest BCUT2D eigenvalue weighted by Gasteiger charge is -2.22. The van der Waals surface area contributed by atoms with Crippen LogP contribution in [0.5, 0.6) is 0 Å². The summed E-state index contributed by atoms with van der Waals surface area (Å²) in [6.45, 7) is 0.432. The summed E-state index contributed by atoms with van der Waals surface area (Å²) in [6.07, 6.45) is 0.505. The fourth-order valence-corrected chi connectivity index (χ4v) is 2.58. The quantitative estimate of drug-likeness (QED) is 0.265. The molecule has 1 aliphatic heterocycles. The molecule has 1 rings (SSSR count). The fourth-order valence-electron chi connectivity index (χ4n) is 1.58. The van der Waals surface area contributed by atoms with Gasteiger partial charge in [-0.2, -0.15) is 12.6 Å². The first-order valence-electron chi connectivity index (χ1n) is 4.76. The number of hydrogen-bond acceptors (Lipinski definition) is 6. The van der Waals surface area contributed by atoms with E-state index in [-0.39, 0.29) is 27.2 Å². The van der Waals surface area contributed by atoms with Crippen molar-refractivity contribution in [3.63, 3.8) is 0 Å². The van der Waals surface area contributed by atoms with Gasteiger partial charge in [-0.15, -0.1) is 0 Å². The van der Waals surface area contributed by atoms with Gasteiger partial charge in [-0.25, -0.2) is 4.79 Å². The average molecular weight is 264 g/mol. The zero-order chi connectivity index (χ0) is 12.1. The second kappa shape index (κ2) is 6.44. The SMILES string of the molecule is COC(=O)[C@@H]1C[C@H](S)CN1C(=O)PNBO. The summed E-state index contributed by atoms with van der Waals surface area (Å²) in [6, 6.07) is -0.548. The van der Waals surface area contributed by atoms with Gasteiger partial charge >= 0.3 is 13.6 Å². The molecular formula is C7H14BN2O4PS. The van der Waals surface area contributed by atoms with E-state index in [2.05, 4.69) is 22.4 Å². The monoisotopic (exact) mass is 264 g/mol. The highest BCUT2D eigenvalue weighted by Crippen LogP contribution is 2.27. The number of hydrogen-bond donors (Lipinski definition) is 3. The molecule has 0 aromatic heterocycles. The number of rotatable bonds is 4. The van der Waals surface area contributed by atoms with E-state index in [9.17, 15) is 9.59 Å². The van der Waals surface area contributed by atoms with E-state index in [1.807, 2.05) is 0 Å². The number of carbonyl (C=O) groups is 2. The predicted molar refractivity (Wildman–Crippen MR) is 66.1 cm³/mol. The number of thiol groups is 1. The summed E-state index contributed by atoms with van der Waals surface area (Å²) < 4.78 is 4.63. The average Bonchev–Trinajstić information content (AvgIpc) is 2.67. The Kier molecular flexibility index (Phi) is 5.54. The zero-order valence-corrected chi connectivity index (χ0v) is 10.7. The molecule has 0 aliphatic carbocycles. The summed E-state index contributed by atoms with van der Waals surface area (Å²) >= 11 is 4.26. The van der Waals surface area contributed by atoms with Crippen molar-refractivity contribution in [2.24, 2.45) is 0 Å². The maximum atomic E-state index is 11.7. The van der Waals surface area contributed by atoms with E-state index < -0.39 is 12.0 Å². The third-order valence-electron chi connectivity index (χ3n) is 2.29. The molecule has 2 N–H and O–H groups in total. The Morgan fingerprint density at radius 3 is 2.94 bits per heavy atom. The second-order valence-electron chi connectivity index (χ2n) is 3.35. The van der Waals surface area contributed by atoms with Gasteiger partial charge in [0.05, 0.1) is 7.11 Å². The van der Waals surface area contributed by atoms with Crippen LogP contribution in [-0.4, -0.2) is 54.1 Å². The first kappa shape index (κ1) is 13.8. The first-order valence-corrected chi connectivity index (χ1v) is 6.28. The van der Waals surface area contributed by atoms with Crippen LogP contribution >= 0.6 is 21.4 Å². The Balaban J connectivity index is 2.61. The number of esters is 1. The van der Waals surface area contributed by atoms with E-state index in [1.54, 1.807) is 0 Å². The summed E-state index contributed by atoms with van der Waals surface area (Å²) in [5.41, 5.74) is -0.207. The molecule has 1 heterocycles. The number of ether oxygens (including phenoxy) is 1. The van der Waals surface area contributed by atoms with Crippen molar-refractivity contribution in [2.45, 2.75) is 17.7 Å². The van der Waals surface area contributed by atoms with Gasteiger partial charge in [0.25, 0.3) is 5.65 Å². The molecule has 6 nitrogen and oxygen atoms in total. The molecule has 1 fully saturated rings. The van der Waals surface area contributed by atoms with Crippen LogP contribution in [0.15, 0.2) is 0 Å². The summed E-state index contributed by atoms with van der Waals surface area (Å²) in [5, 5.41) is 8.54. The molecule has 1 aliphatic rings. The number of amides is 1. The van der Waals surface area contributed by atoms with Crippen LogP contribution in [0.3, 0.4) is 0 Å². The Morgan fingerprint density at radius 1 is 1.69 bits per heavy atom. The first-order chi connectivity index (χ1) is 7.60. The molecule has 90 valence electrons. The van der Waals surface area contributed by atoms with Crippen LogP contribution in [0, 0.1) is 0 Å². The minimum atomic E-state index is -0.548. The second-order valence-corrected chi connectivity index (χ2v) is 5.11. The molecule has 0 saturated carbocycles. The van der Waals surface area contributed by atoms with Crippen molar-refractivity contribution in [3.05, 3.63) is 0 Å². The number of methoxy groups -OCH3 is 1. The minimum Gasteiger partial charge on any atom is -0.467 e. The van der Waals surface area contributed by atoms with E-state index in [0.717, 1.165) is 0 Å². The van der Waals surface area contributed by atoms with Gasteiger partial charge in [-0.1, -0.05) is 0 Å². The third-order valence-corrected chi connectivity index (χ3v) is 3.50. The van der Waals surface area contributed by atoms with Crippen molar-refractivity contribution in [1.29, 1.82) is 0 Å². The highest BCUT2D eigenvalue weighted by molar-refractivity contribution is 7.81. The molecular weight excluding hydrogens is 250 g/mol. The van der Waals surface area contributed by atoms with E-state index >= 15 is 0 Å². The van der Waals surface area contributed by atoms with Gasteiger partial charge in [-0.3, -0.25) is 4.79 Å². The fraction of sp³-hybridized carbons (Fsp3) is 0.714. The molecule has 9 heteroatoms.